The van der Waals surface area contributed by atoms with Gasteiger partial charge in [-0.25, -0.2) is 14.7 Å². The molecule has 9 heteroatoms. The van der Waals surface area contributed by atoms with Crippen molar-refractivity contribution in [3.8, 4) is 5.69 Å². The second-order valence-corrected chi connectivity index (χ2v) is 6.58. The third-order valence-electron chi connectivity index (χ3n) is 3.84. The van der Waals surface area contributed by atoms with Crippen LogP contribution in [0.5, 0.6) is 0 Å². The standard InChI is InChI=1S/C18H18Cl2N6.HI/c1-12(16-7-4-14(19)8-17(16)20)25-18(21)23-9-13-2-5-15(6-3-13)26-11-22-10-24-26;/h2-8,10-12H,9H2,1H3,(H3,21,23,25);1H. The molecule has 1 unspecified atom stereocenters. The quantitative estimate of drug-likeness (QED) is 0.300. The van der Waals surface area contributed by atoms with Gasteiger partial charge < -0.3 is 11.1 Å². The van der Waals surface area contributed by atoms with Crippen molar-refractivity contribution >= 4 is 53.1 Å². The Balaban J connectivity index is 0.00000261. The number of benzene rings is 2. The summed E-state index contributed by atoms with van der Waals surface area (Å²) in [5, 5.41) is 8.42. The van der Waals surface area contributed by atoms with Crippen LogP contribution in [0, 0.1) is 0 Å². The molecule has 0 aliphatic rings. The molecule has 3 rings (SSSR count). The SMILES string of the molecule is CC(NC(N)=NCc1ccc(-n2cncn2)cc1)c1ccc(Cl)cc1Cl.I. The number of hydrogen-bond acceptors (Lipinski definition) is 3. The van der Waals surface area contributed by atoms with Crippen molar-refractivity contribution in [1.29, 1.82) is 0 Å². The fourth-order valence-corrected chi connectivity index (χ4v) is 3.04. The Hall–Kier alpha value is -1.84. The van der Waals surface area contributed by atoms with E-state index in [1.165, 1.54) is 6.33 Å². The van der Waals surface area contributed by atoms with Crippen LogP contribution < -0.4 is 11.1 Å². The van der Waals surface area contributed by atoms with Gasteiger partial charge in [-0.1, -0.05) is 41.4 Å². The summed E-state index contributed by atoms with van der Waals surface area (Å²) in [5.74, 6) is 0.351. The molecule has 0 bridgehead atoms. The summed E-state index contributed by atoms with van der Waals surface area (Å²) in [7, 11) is 0. The number of nitrogens with one attached hydrogen (secondary N) is 1. The van der Waals surface area contributed by atoms with Crippen LogP contribution in [0.4, 0.5) is 0 Å². The lowest BCUT2D eigenvalue weighted by molar-refractivity contribution is 0.708. The molecule has 1 heterocycles. The third-order valence-corrected chi connectivity index (χ3v) is 4.41. The maximum absolute atomic E-state index is 6.22. The van der Waals surface area contributed by atoms with Crippen molar-refractivity contribution in [2.45, 2.75) is 19.5 Å². The van der Waals surface area contributed by atoms with Gasteiger partial charge in [-0.3, -0.25) is 0 Å². The van der Waals surface area contributed by atoms with Gasteiger partial charge >= 0.3 is 0 Å². The van der Waals surface area contributed by atoms with Gasteiger partial charge in [-0.2, -0.15) is 5.10 Å². The van der Waals surface area contributed by atoms with E-state index in [9.17, 15) is 0 Å². The number of halogens is 3. The van der Waals surface area contributed by atoms with E-state index < -0.39 is 0 Å². The second-order valence-electron chi connectivity index (χ2n) is 5.74. The van der Waals surface area contributed by atoms with Crippen molar-refractivity contribution < 1.29 is 0 Å². The van der Waals surface area contributed by atoms with E-state index in [2.05, 4.69) is 20.4 Å². The van der Waals surface area contributed by atoms with Crippen LogP contribution in [0.25, 0.3) is 5.69 Å². The van der Waals surface area contributed by atoms with Crippen molar-refractivity contribution in [3.05, 3.63) is 76.3 Å². The zero-order chi connectivity index (χ0) is 18.5. The van der Waals surface area contributed by atoms with E-state index in [4.69, 9.17) is 28.9 Å². The molecule has 2 aromatic carbocycles. The van der Waals surface area contributed by atoms with Crippen LogP contribution in [0.2, 0.25) is 10.0 Å². The smallest absolute Gasteiger partial charge is 0.189 e. The average molecular weight is 517 g/mol. The van der Waals surface area contributed by atoms with Crippen molar-refractivity contribution in [2.75, 3.05) is 0 Å². The molecular formula is C18H19Cl2IN6. The van der Waals surface area contributed by atoms with E-state index in [-0.39, 0.29) is 30.0 Å². The van der Waals surface area contributed by atoms with Crippen LogP contribution >= 0.6 is 47.2 Å². The molecule has 6 nitrogen and oxygen atoms in total. The molecule has 0 saturated carbocycles. The average Bonchev–Trinajstić information content (AvgIpc) is 3.15. The number of aliphatic imine (C=N–C) groups is 1. The van der Waals surface area contributed by atoms with E-state index >= 15 is 0 Å². The minimum Gasteiger partial charge on any atom is -0.370 e. The Bertz CT molecular complexity index is 897. The summed E-state index contributed by atoms with van der Waals surface area (Å²) in [4.78, 5) is 8.31. The van der Waals surface area contributed by atoms with Gasteiger partial charge in [0, 0.05) is 10.0 Å². The highest BCUT2D eigenvalue weighted by Gasteiger charge is 2.10. The third kappa shape index (κ3) is 5.82. The zero-order valence-electron chi connectivity index (χ0n) is 14.5. The topological polar surface area (TPSA) is 81.1 Å². The number of guanidine groups is 1. The van der Waals surface area contributed by atoms with E-state index in [1.807, 2.05) is 37.3 Å². The summed E-state index contributed by atoms with van der Waals surface area (Å²) in [6, 6.07) is 13.2. The van der Waals surface area contributed by atoms with Gasteiger partial charge in [-0.15, -0.1) is 24.0 Å². The number of rotatable bonds is 5. The molecule has 1 atom stereocenters. The number of nitrogens with two attached hydrogens (primary N) is 1. The fraction of sp³-hybridized carbons (Fsp3) is 0.167. The Morgan fingerprint density at radius 2 is 1.96 bits per heavy atom. The Labute approximate surface area is 184 Å². The van der Waals surface area contributed by atoms with Crippen molar-refractivity contribution in [2.24, 2.45) is 10.7 Å². The Kier molecular flexibility index (Phi) is 7.88. The van der Waals surface area contributed by atoms with Crippen LogP contribution in [0.3, 0.4) is 0 Å². The summed E-state index contributed by atoms with van der Waals surface area (Å²) < 4.78 is 1.69. The monoisotopic (exact) mass is 516 g/mol. The molecule has 0 aliphatic heterocycles. The summed E-state index contributed by atoms with van der Waals surface area (Å²) in [6.45, 7) is 2.43. The second kappa shape index (κ2) is 9.91. The predicted molar refractivity (Wildman–Crippen MR) is 120 cm³/mol. The first-order valence-corrected chi connectivity index (χ1v) is 8.74. The lowest BCUT2D eigenvalue weighted by Gasteiger charge is -2.16. The normalized spacial score (nSPS) is 12.3. The van der Waals surface area contributed by atoms with Crippen molar-refractivity contribution in [1.82, 2.24) is 20.1 Å². The predicted octanol–water partition coefficient (Wildman–Crippen LogP) is 4.36. The molecule has 0 amide bonds. The molecule has 0 saturated heterocycles. The lowest BCUT2D eigenvalue weighted by Crippen LogP contribution is -2.34. The van der Waals surface area contributed by atoms with Crippen molar-refractivity contribution in [3.63, 3.8) is 0 Å². The summed E-state index contributed by atoms with van der Waals surface area (Å²) >= 11 is 12.1. The largest absolute Gasteiger partial charge is 0.370 e. The molecular weight excluding hydrogens is 498 g/mol. The molecule has 27 heavy (non-hydrogen) atoms. The molecule has 0 radical (unpaired) electrons. The molecule has 0 aliphatic carbocycles. The minimum atomic E-state index is -0.0850. The van der Waals surface area contributed by atoms with Crippen LogP contribution in [-0.4, -0.2) is 20.7 Å². The maximum Gasteiger partial charge on any atom is 0.189 e. The first-order valence-electron chi connectivity index (χ1n) is 7.98. The molecule has 3 aromatic rings. The number of hydrogen-bond donors (Lipinski definition) is 2. The zero-order valence-corrected chi connectivity index (χ0v) is 18.4. The molecule has 1 aromatic heterocycles. The first kappa shape index (κ1) is 21.5. The Morgan fingerprint density at radius 1 is 1.22 bits per heavy atom. The van der Waals surface area contributed by atoms with Crippen LogP contribution in [-0.2, 0) is 6.54 Å². The summed E-state index contributed by atoms with van der Waals surface area (Å²) in [5.41, 5.74) is 8.88. The highest BCUT2D eigenvalue weighted by Crippen LogP contribution is 2.25. The fourth-order valence-electron chi connectivity index (χ4n) is 2.47. The van der Waals surface area contributed by atoms with Crippen LogP contribution in [0.1, 0.15) is 24.1 Å². The van der Waals surface area contributed by atoms with Gasteiger partial charge in [0.2, 0.25) is 0 Å². The molecule has 3 N–H and O–H groups in total. The number of nitrogens with zero attached hydrogens (tertiary/aromatic N) is 4. The first-order chi connectivity index (χ1) is 12.5. The van der Waals surface area contributed by atoms with E-state index in [0.29, 0.717) is 22.5 Å². The molecule has 0 fully saturated rings. The highest BCUT2D eigenvalue weighted by molar-refractivity contribution is 14.0. The van der Waals surface area contributed by atoms with Gasteiger partial charge in [-0.05, 0) is 42.3 Å². The highest BCUT2D eigenvalue weighted by atomic mass is 127. The Morgan fingerprint density at radius 3 is 2.59 bits per heavy atom. The summed E-state index contributed by atoms with van der Waals surface area (Å²) in [6.07, 6.45) is 3.15. The van der Waals surface area contributed by atoms with Gasteiger partial charge in [0.1, 0.15) is 12.7 Å². The van der Waals surface area contributed by atoms with E-state index in [1.54, 1.807) is 23.1 Å². The number of aromatic nitrogens is 3. The van der Waals surface area contributed by atoms with Crippen LogP contribution in [0.15, 0.2) is 60.1 Å². The molecule has 0 spiro atoms. The molecule has 142 valence electrons. The van der Waals surface area contributed by atoms with Gasteiger partial charge in [0.15, 0.2) is 5.96 Å². The van der Waals surface area contributed by atoms with Gasteiger partial charge in [0.25, 0.3) is 0 Å². The minimum absolute atomic E-state index is 0. The maximum atomic E-state index is 6.22. The van der Waals surface area contributed by atoms with E-state index in [0.717, 1.165) is 16.8 Å². The van der Waals surface area contributed by atoms with Gasteiger partial charge in [0.05, 0.1) is 18.3 Å². The lowest BCUT2D eigenvalue weighted by atomic mass is 10.1.